The van der Waals surface area contributed by atoms with E-state index in [1.165, 1.54) is 11.1 Å². The van der Waals surface area contributed by atoms with Gasteiger partial charge in [-0.15, -0.1) is 10.2 Å². The fourth-order valence-electron chi connectivity index (χ4n) is 3.00. The summed E-state index contributed by atoms with van der Waals surface area (Å²) in [5, 5.41) is 12.9. The third-order valence-electron chi connectivity index (χ3n) is 4.64. The van der Waals surface area contributed by atoms with E-state index in [0.29, 0.717) is 5.95 Å². The Kier molecular flexibility index (Phi) is 4.97. The molecule has 5 heteroatoms. The number of benzene rings is 3. The van der Waals surface area contributed by atoms with Crippen LogP contribution in [0.1, 0.15) is 12.5 Å². The SMILES string of the molecule is CC(=NNc1nnc(-c2ccccc2)n1C)c1ccc(-c2ccccc2)cc1. The Morgan fingerprint density at radius 3 is 1.96 bits per heavy atom. The van der Waals surface area contributed by atoms with E-state index in [9.17, 15) is 0 Å². The molecule has 0 aliphatic rings. The zero-order chi connectivity index (χ0) is 19.3. The number of hydrogen-bond acceptors (Lipinski definition) is 4. The van der Waals surface area contributed by atoms with Crippen molar-refractivity contribution in [3.8, 4) is 22.5 Å². The summed E-state index contributed by atoms with van der Waals surface area (Å²) in [5.74, 6) is 1.39. The summed E-state index contributed by atoms with van der Waals surface area (Å²) in [6.07, 6.45) is 0. The van der Waals surface area contributed by atoms with E-state index in [2.05, 4.69) is 57.1 Å². The van der Waals surface area contributed by atoms with Gasteiger partial charge in [0.25, 0.3) is 0 Å². The van der Waals surface area contributed by atoms with E-state index in [-0.39, 0.29) is 0 Å². The maximum Gasteiger partial charge on any atom is 0.245 e. The van der Waals surface area contributed by atoms with Gasteiger partial charge in [0.15, 0.2) is 5.82 Å². The molecule has 4 aromatic rings. The molecule has 0 saturated heterocycles. The predicted octanol–water partition coefficient (Wildman–Crippen LogP) is 4.99. The summed E-state index contributed by atoms with van der Waals surface area (Å²) < 4.78 is 1.89. The standard InChI is InChI=1S/C23H21N5/c1-17(18-13-15-20(16-14-18)19-9-5-3-6-10-19)24-26-23-27-25-22(28(23)2)21-11-7-4-8-12-21/h3-16H,1-2H3,(H,26,27). The first kappa shape index (κ1) is 17.7. The normalized spacial score (nSPS) is 11.4. The molecule has 5 nitrogen and oxygen atoms in total. The van der Waals surface area contributed by atoms with E-state index in [4.69, 9.17) is 0 Å². The van der Waals surface area contributed by atoms with Crippen molar-refractivity contribution in [3.05, 3.63) is 90.5 Å². The molecule has 138 valence electrons. The predicted molar refractivity (Wildman–Crippen MR) is 114 cm³/mol. The molecule has 0 saturated carbocycles. The minimum absolute atomic E-state index is 0.596. The van der Waals surface area contributed by atoms with Gasteiger partial charge in [0.1, 0.15) is 0 Å². The fourth-order valence-corrected chi connectivity index (χ4v) is 3.00. The van der Waals surface area contributed by atoms with E-state index in [0.717, 1.165) is 22.7 Å². The van der Waals surface area contributed by atoms with Crippen LogP contribution in [0.15, 0.2) is 90.0 Å². The second-order valence-electron chi connectivity index (χ2n) is 6.52. The average Bonchev–Trinajstić information content (AvgIpc) is 3.13. The van der Waals surface area contributed by atoms with Crippen molar-refractivity contribution in [2.24, 2.45) is 12.1 Å². The molecule has 4 rings (SSSR count). The smallest absolute Gasteiger partial charge is 0.245 e. The van der Waals surface area contributed by atoms with E-state index >= 15 is 0 Å². The molecule has 0 spiro atoms. The molecule has 0 aliphatic carbocycles. The summed E-state index contributed by atoms with van der Waals surface area (Å²) in [6, 6.07) is 28.7. The maximum atomic E-state index is 4.48. The van der Waals surface area contributed by atoms with Gasteiger partial charge in [0.05, 0.1) is 5.71 Å². The minimum atomic E-state index is 0.596. The number of rotatable bonds is 5. The molecule has 1 N–H and O–H groups in total. The Morgan fingerprint density at radius 2 is 1.32 bits per heavy atom. The van der Waals surface area contributed by atoms with Crippen LogP contribution in [0.3, 0.4) is 0 Å². The molecule has 1 heterocycles. The summed E-state index contributed by atoms with van der Waals surface area (Å²) in [7, 11) is 1.92. The first-order valence-electron chi connectivity index (χ1n) is 9.13. The van der Waals surface area contributed by atoms with Crippen LogP contribution >= 0.6 is 0 Å². The van der Waals surface area contributed by atoms with E-state index in [1.54, 1.807) is 0 Å². The molecule has 28 heavy (non-hydrogen) atoms. The van der Waals surface area contributed by atoms with Crippen LogP contribution in [0, 0.1) is 0 Å². The average molecular weight is 367 g/mol. The van der Waals surface area contributed by atoms with Gasteiger partial charge in [0.2, 0.25) is 5.95 Å². The van der Waals surface area contributed by atoms with Gasteiger partial charge in [-0.2, -0.15) is 5.10 Å². The second-order valence-corrected chi connectivity index (χ2v) is 6.52. The molecule has 0 bridgehead atoms. The molecule has 0 amide bonds. The molecular weight excluding hydrogens is 346 g/mol. The number of hydrazone groups is 1. The summed E-state index contributed by atoms with van der Waals surface area (Å²) >= 11 is 0. The quantitative estimate of drug-likeness (QED) is 0.399. The number of aromatic nitrogens is 3. The van der Waals surface area contributed by atoms with Crippen LogP contribution < -0.4 is 5.43 Å². The topological polar surface area (TPSA) is 55.1 Å². The van der Waals surface area contributed by atoms with Crippen molar-refractivity contribution in [3.63, 3.8) is 0 Å². The van der Waals surface area contributed by atoms with E-state index < -0.39 is 0 Å². The largest absolute Gasteiger partial charge is 0.295 e. The van der Waals surface area contributed by atoms with Crippen LogP contribution in [-0.2, 0) is 7.05 Å². The second kappa shape index (κ2) is 7.88. The molecule has 0 atom stereocenters. The fraction of sp³-hybridized carbons (Fsp3) is 0.0870. The van der Waals surface area contributed by atoms with Gasteiger partial charge in [-0.3, -0.25) is 4.57 Å². The highest BCUT2D eigenvalue weighted by atomic mass is 15.4. The van der Waals surface area contributed by atoms with Gasteiger partial charge < -0.3 is 0 Å². The Morgan fingerprint density at radius 1 is 0.750 bits per heavy atom. The van der Waals surface area contributed by atoms with Crippen LogP contribution in [-0.4, -0.2) is 20.5 Å². The summed E-state index contributed by atoms with van der Waals surface area (Å²) in [4.78, 5) is 0. The lowest BCUT2D eigenvalue weighted by Crippen LogP contribution is -2.04. The Hall–Kier alpha value is -3.73. The van der Waals surface area contributed by atoms with Gasteiger partial charge in [0, 0.05) is 12.6 Å². The lowest BCUT2D eigenvalue weighted by atomic mass is 10.0. The van der Waals surface area contributed by atoms with Crippen molar-refractivity contribution in [2.45, 2.75) is 6.92 Å². The zero-order valence-electron chi connectivity index (χ0n) is 15.9. The van der Waals surface area contributed by atoms with Crippen LogP contribution in [0.5, 0.6) is 0 Å². The summed E-state index contributed by atoms with van der Waals surface area (Å²) in [6.45, 7) is 1.97. The van der Waals surface area contributed by atoms with Gasteiger partial charge >= 0.3 is 0 Å². The number of hydrogen-bond donors (Lipinski definition) is 1. The van der Waals surface area contributed by atoms with Crippen molar-refractivity contribution in [1.29, 1.82) is 0 Å². The lowest BCUT2D eigenvalue weighted by Gasteiger charge is -2.06. The Bertz CT molecular complexity index is 1080. The minimum Gasteiger partial charge on any atom is -0.295 e. The monoisotopic (exact) mass is 367 g/mol. The first-order valence-corrected chi connectivity index (χ1v) is 9.13. The Labute approximate surface area is 164 Å². The van der Waals surface area contributed by atoms with Crippen molar-refractivity contribution < 1.29 is 0 Å². The van der Waals surface area contributed by atoms with Gasteiger partial charge in [-0.1, -0.05) is 84.9 Å². The summed E-state index contributed by atoms with van der Waals surface area (Å²) in [5.41, 5.74) is 8.36. The lowest BCUT2D eigenvalue weighted by molar-refractivity contribution is 0.917. The van der Waals surface area contributed by atoms with Crippen molar-refractivity contribution in [2.75, 3.05) is 5.43 Å². The number of anilines is 1. The van der Waals surface area contributed by atoms with Crippen LogP contribution in [0.25, 0.3) is 22.5 Å². The highest BCUT2D eigenvalue weighted by molar-refractivity contribution is 5.99. The molecule has 0 radical (unpaired) electrons. The third-order valence-corrected chi connectivity index (χ3v) is 4.64. The molecule has 0 unspecified atom stereocenters. The number of nitrogens with one attached hydrogen (secondary N) is 1. The van der Waals surface area contributed by atoms with Crippen molar-refractivity contribution in [1.82, 2.24) is 14.8 Å². The third kappa shape index (κ3) is 3.69. The zero-order valence-corrected chi connectivity index (χ0v) is 15.9. The van der Waals surface area contributed by atoms with Gasteiger partial charge in [-0.25, -0.2) is 5.43 Å². The molecule has 0 aliphatic heterocycles. The molecule has 3 aromatic carbocycles. The highest BCUT2D eigenvalue weighted by Gasteiger charge is 2.10. The van der Waals surface area contributed by atoms with Crippen LogP contribution in [0.4, 0.5) is 5.95 Å². The highest BCUT2D eigenvalue weighted by Crippen LogP contribution is 2.20. The molecule has 1 aromatic heterocycles. The molecule has 0 fully saturated rings. The van der Waals surface area contributed by atoms with Crippen LogP contribution in [0.2, 0.25) is 0 Å². The maximum absolute atomic E-state index is 4.48. The van der Waals surface area contributed by atoms with E-state index in [1.807, 2.05) is 67.1 Å². The van der Waals surface area contributed by atoms with Gasteiger partial charge in [-0.05, 0) is 23.6 Å². The first-order chi connectivity index (χ1) is 13.7. The Balaban J connectivity index is 1.50. The molecular formula is C23H21N5. The van der Waals surface area contributed by atoms with Crippen molar-refractivity contribution >= 4 is 11.7 Å². The number of nitrogens with zero attached hydrogens (tertiary/aromatic N) is 4.